The molecular weight excluding hydrogens is 284 g/mol. The van der Waals surface area contributed by atoms with Gasteiger partial charge < -0.3 is 14.2 Å². The first-order valence-electron chi connectivity index (χ1n) is 6.41. The summed E-state index contributed by atoms with van der Waals surface area (Å²) in [5.74, 6) is 7.59. The first-order valence-corrected chi connectivity index (χ1v) is 6.41. The van der Waals surface area contributed by atoms with E-state index < -0.39 is 18.0 Å². The van der Waals surface area contributed by atoms with Crippen LogP contribution in [0.5, 0.6) is 5.75 Å². The van der Waals surface area contributed by atoms with E-state index >= 15 is 0 Å². The number of carbonyl (C=O) groups is 2. The summed E-state index contributed by atoms with van der Waals surface area (Å²) in [4.78, 5) is 21.8. The number of terminal acetylenes is 1. The van der Waals surface area contributed by atoms with Gasteiger partial charge in [-0.05, 0) is 18.2 Å². The van der Waals surface area contributed by atoms with Crippen molar-refractivity contribution in [1.29, 1.82) is 0 Å². The molecule has 0 bridgehead atoms. The van der Waals surface area contributed by atoms with E-state index in [0.717, 1.165) is 0 Å². The lowest BCUT2D eigenvalue weighted by molar-refractivity contribution is -0.144. The molecule has 0 heterocycles. The maximum absolute atomic E-state index is 11.1. The third-order valence-electron chi connectivity index (χ3n) is 2.55. The van der Waals surface area contributed by atoms with E-state index in [2.05, 4.69) is 17.8 Å². The van der Waals surface area contributed by atoms with E-state index in [1.165, 1.54) is 21.0 Å². The van der Waals surface area contributed by atoms with Gasteiger partial charge >= 0.3 is 11.9 Å². The van der Waals surface area contributed by atoms with Crippen LogP contribution in [0.15, 0.2) is 18.2 Å². The van der Waals surface area contributed by atoms with Crippen LogP contribution < -0.4 is 4.74 Å². The Bertz CT molecular complexity index is 658. The molecule has 1 aromatic rings. The number of methoxy groups -OCH3 is 1. The third kappa shape index (κ3) is 5.22. The van der Waals surface area contributed by atoms with Crippen LogP contribution in [0, 0.1) is 24.2 Å². The van der Waals surface area contributed by atoms with Gasteiger partial charge in [0.2, 0.25) is 0 Å². The number of rotatable bonds is 4. The molecule has 0 fully saturated rings. The van der Waals surface area contributed by atoms with Gasteiger partial charge in [0, 0.05) is 25.0 Å². The first-order chi connectivity index (χ1) is 10.5. The second-order valence-electron chi connectivity index (χ2n) is 4.19. The van der Waals surface area contributed by atoms with Crippen molar-refractivity contribution in [1.82, 2.24) is 0 Å². The number of ether oxygens (including phenoxy) is 3. The molecule has 5 heteroatoms. The molecule has 22 heavy (non-hydrogen) atoms. The lowest BCUT2D eigenvalue weighted by Crippen LogP contribution is -2.08. The van der Waals surface area contributed by atoms with Crippen LogP contribution >= 0.6 is 0 Å². The molecule has 0 aromatic heterocycles. The molecule has 1 aromatic carbocycles. The molecule has 0 radical (unpaired) electrons. The van der Waals surface area contributed by atoms with Gasteiger partial charge in [-0.1, -0.05) is 17.8 Å². The standard InChI is InChI=1S/C17H16O5/c1-5-17(22-13(3)19)16-11-15(20-4)9-8-14(16)7-6-10-21-12(2)18/h1,8-9,11,17H,10H2,2-4H3. The van der Waals surface area contributed by atoms with E-state index in [9.17, 15) is 9.59 Å². The highest BCUT2D eigenvalue weighted by Crippen LogP contribution is 2.25. The number of hydrogen-bond donors (Lipinski definition) is 0. The minimum Gasteiger partial charge on any atom is -0.497 e. The first kappa shape index (κ1) is 17.1. The molecule has 0 spiro atoms. The molecule has 0 aliphatic carbocycles. The highest BCUT2D eigenvalue weighted by Gasteiger charge is 2.16. The summed E-state index contributed by atoms with van der Waals surface area (Å²) in [7, 11) is 1.52. The second kappa shape index (κ2) is 8.39. The van der Waals surface area contributed by atoms with Crippen LogP contribution in [-0.2, 0) is 19.1 Å². The van der Waals surface area contributed by atoms with Crippen LogP contribution in [0.4, 0.5) is 0 Å². The molecule has 5 nitrogen and oxygen atoms in total. The molecular formula is C17H16O5. The predicted octanol–water partition coefficient (Wildman–Crippen LogP) is 1.85. The average Bonchev–Trinajstić information content (AvgIpc) is 2.49. The van der Waals surface area contributed by atoms with Crippen molar-refractivity contribution in [3.63, 3.8) is 0 Å². The van der Waals surface area contributed by atoms with Gasteiger partial charge in [0.15, 0.2) is 12.7 Å². The quantitative estimate of drug-likeness (QED) is 0.627. The normalized spacial score (nSPS) is 10.5. The Morgan fingerprint density at radius 1 is 1.27 bits per heavy atom. The summed E-state index contributed by atoms with van der Waals surface area (Å²) in [5, 5.41) is 0. The van der Waals surface area contributed by atoms with E-state index in [1.807, 2.05) is 0 Å². The van der Waals surface area contributed by atoms with E-state index in [1.54, 1.807) is 18.2 Å². The van der Waals surface area contributed by atoms with Crippen molar-refractivity contribution in [3.05, 3.63) is 29.3 Å². The number of carbonyl (C=O) groups excluding carboxylic acids is 2. The Labute approximate surface area is 129 Å². The molecule has 0 saturated carbocycles. The maximum atomic E-state index is 11.1. The van der Waals surface area contributed by atoms with Gasteiger partial charge in [0.05, 0.1) is 7.11 Å². The summed E-state index contributed by atoms with van der Waals surface area (Å²) < 4.78 is 15.0. The van der Waals surface area contributed by atoms with Crippen molar-refractivity contribution in [3.8, 4) is 29.9 Å². The van der Waals surface area contributed by atoms with Crippen LogP contribution in [0.2, 0.25) is 0 Å². The van der Waals surface area contributed by atoms with Gasteiger partial charge in [0.1, 0.15) is 5.75 Å². The van der Waals surface area contributed by atoms with Crippen molar-refractivity contribution in [2.45, 2.75) is 20.0 Å². The van der Waals surface area contributed by atoms with Crippen molar-refractivity contribution in [2.75, 3.05) is 13.7 Å². The number of benzene rings is 1. The fourth-order valence-electron chi connectivity index (χ4n) is 1.62. The van der Waals surface area contributed by atoms with E-state index in [0.29, 0.717) is 16.9 Å². The van der Waals surface area contributed by atoms with Crippen LogP contribution in [0.1, 0.15) is 31.1 Å². The fraction of sp³-hybridized carbons (Fsp3) is 0.294. The van der Waals surface area contributed by atoms with Crippen molar-refractivity contribution >= 4 is 11.9 Å². The lowest BCUT2D eigenvalue weighted by atomic mass is 10.0. The number of hydrogen-bond acceptors (Lipinski definition) is 5. The smallest absolute Gasteiger partial charge is 0.304 e. The highest BCUT2D eigenvalue weighted by atomic mass is 16.5. The highest BCUT2D eigenvalue weighted by molar-refractivity contribution is 5.67. The Morgan fingerprint density at radius 2 is 2.00 bits per heavy atom. The minimum absolute atomic E-state index is 0.0327. The topological polar surface area (TPSA) is 61.8 Å². The van der Waals surface area contributed by atoms with Crippen molar-refractivity contribution in [2.24, 2.45) is 0 Å². The SMILES string of the molecule is C#CC(OC(C)=O)c1cc(OC)ccc1C#CCOC(C)=O. The third-order valence-corrected chi connectivity index (χ3v) is 2.55. The van der Waals surface area contributed by atoms with Crippen LogP contribution in [-0.4, -0.2) is 25.7 Å². The molecule has 0 aliphatic heterocycles. The largest absolute Gasteiger partial charge is 0.497 e. The summed E-state index contributed by atoms with van der Waals surface area (Å²) >= 11 is 0. The summed E-state index contributed by atoms with van der Waals surface area (Å²) in [6.45, 7) is 2.54. The lowest BCUT2D eigenvalue weighted by Gasteiger charge is -2.14. The van der Waals surface area contributed by atoms with Gasteiger partial charge in [-0.25, -0.2) is 0 Å². The zero-order chi connectivity index (χ0) is 16.5. The van der Waals surface area contributed by atoms with Crippen LogP contribution in [0.25, 0.3) is 0 Å². The van der Waals surface area contributed by atoms with E-state index in [-0.39, 0.29) is 6.61 Å². The zero-order valence-electron chi connectivity index (χ0n) is 12.6. The Hall–Kier alpha value is -2.92. The zero-order valence-corrected chi connectivity index (χ0v) is 12.6. The van der Waals surface area contributed by atoms with Gasteiger partial charge in [-0.2, -0.15) is 0 Å². The van der Waals surface area contributed by atoms with Crippen LogP contribution in [0.3, 0.4) is 0 Å². The minimum atomic E-state index is -0.870. The Balaban J connectivity index is 3.13. The number of esters is 2. The summed E-state index contributed by atoms with van der Waals surface area (Å²) in [5.41, 5.74) is 1.10. The average molecular weight is 300 g/mol. The molecule has 0 saturated heterocycles. The summed E-state index contributed by atoms with van der Waals surface area (Å²) in [6.07, 6.45) is 4.55. The molecule has 114 valence electrons. The molecule has 0 N–H and O–H groups in total. The van der Waals surface area contributed by atoms with Gasteiger partial charge in [-0.3, -0.25) is 9.59 Å². The molecule has 0 amide bonds. The molecule has 1 rings (SSSR count). The monoisotopic (exact) mass is 300 g/mol. The Kier molecular flexibility index (Phi) is 6.53. The molecule has 0 aliphatic rings. The second-order valence-corrected chi connectivity index (χ2v) is 4.19. The maximum Gasteiger partial charge on any atom is 0.304 e. The molecule has 1 atom stereocenters. The van der Waals surface area contributed by atoms with Crippen molar-refractivity contribution < 1.29 is 23.8 Å². The van der Waals surface area contributed by atoms with E-state index in [4.69, 9.17) is 20.6 Å². The molecule has 1 unspecified atom stereocenters. The predicted molar refractivity (Wildman–Crippen MR) is 79.8 cm³/mol. The summed E-state index contributed by atoms with van der Waals surface area (Å²) in [6, 6.07) is 5.06. The fourth-order valence-corrected chi connectivity index (χ4v) is 1.62. The van der Waals surface area contributed by atoms with Gasteiger partial charge in [-0.15, -0.1) is 6.42 Å². The Morgan fingerprint density at radius 3 is 2.55 bits per heavy atom. The van der Waals surface area contributed by atoms with Gasteiger partial charge in [0.25, 0.3) is 0 Å².